The molecule has 1 atom stereocenters. The first-order chi connectivity index (χ1) is 8.27. The molecule has 4 N–H and O–H groups in total. The van der Waals surface area contributed by atoms with Crippen LogP contribution >= 0.6 is 0 Å². The van der Waals surface area contributed by atoms with Gasteiger partial charge >= 0.3 is 7.12 Å². The Morgan fingerprint density at radius 1 is 1.47 bits per heavy atom. The van der Waals surface area contributed by atoms with Crippen molar-refractivity contribution in [1.82, 2.24) is 0 Å². The van der Waals surface area contributed by atoms with Crippen LogP contribution in [0.4, 0.5) is 0 Å². The smallest absolute Gasteiger partial charge is 0.494 e. The molecular formula is C11H16BNO4. The summed E-state index contributed by atoms with van der Waals surface area (Å²) in [5.74, 6) is 0.597. The number of aliphatic hydroxyl groups excluding tert-OH is 1. The first-order valence-electron chi connectivity index (χ1n) is 5.68. The first kappa shape index (κ1) is 12.4. The number of aliphatic hydroxyl groups is 1. The highest BCUT2D eigenvalue weighted by atomic mass is 16.5. The molecule has 0 saturated carbocycles. The number of hydrogen-bond donors (Lipinski definition) is 3. The molecule has 2 rings (SSSR count). The van der Waals surface area contributed by atoms with Gasteiger partial charge in [0.25, 0.3) is 0 Å². The van der Waals surface area contributed by atoms with Gasteiger partial charge in [-0.05, 0) is 11.6 Å². The van der Waals surface area contributed by atoms with E-state index in [2.05, 4.69) is 0 Å². The summed E-state index contributed by atoms with van der Waals surface area (Å²) in [7, 11) is -0.983. The summed E-state index contributed by atoms with van der Waals surface area (Å²) in [5, 5.41) is 18.5. The first-order valence-corrected chi connectivity index (χ1v) is 5.68. The second kappa shape index (κ2) is 5.51. The van der Waals surface area contributed by atoms with Gasteiger partial charge in [-0.15, -0.1) is 0 Å². The summed E-state index contributed by atoms with van der Waals surface area (Å²) in [6, 6.07) is 5.50. The Balaban J connectivity index is 2.21. The quantitative estimate of drug-likeness (QED) is 0.459. The average molecular weight is 237 g/mol. The maximum absolute atomic E-state index is 9.81. The third-order valence-corrected chi connectivity index (χ3v) is 2.76. The van der Waals surface area contributed by atoms with E-state index < -0.39 is 7.12 Å². The van der Waals surface area contributed by atoms with Crippen LogP contribution < -0.4 is 15.9 Å². The van der Waals surface area contributed by atoms with Crippen LogP contribution in [0.1, 0.15) is 18.1 Å². The molecule has 92 valence electrons. The number of rotatable bonds is 5. The lowest BCUT2D eigenvalue weighted by atomic mass is 9.78. The van der Waals surface area contributed by atoms with E-state index >= 15 is 0 Å². The van der Waals surface area contributed by atoms with E-state index in [0.717, 1.165) is 5.56 Å². The molecule has 1 heterocycles. The van der Waals surface area contributed by atoms with Crippen molar-refractivity contribution in [3.63, 3.8) is 0 Å². The van der Waals surface area contributed by atoms with Gasteiger partial charge in [-0.2, -0.15) is 0 Å². The maximum Gasteiger partial charge on any atom is 0.495 e. The van der Waals surface area contributed by atoms with Gasteiger partial charge in [-0.1, -0.05) is 12.1 Å². The SMILES string of the molecule is NC[C@@H]1OB(O)c2c(OCCCO)cccc21. The summed E-state index contributed by atoms with van der Waals surface area (Å²) in [4.78, 5) is 0. The van der Waals surface area contributed by atoms with Crippen molar-refractivity contribution < 1.29 is 19.5 Å². The minimum absolute atomic E-state index is 0.0828. The summed E-state index contributed by atoms with van der Waals surface area (Å²) >= 11 is 0. The topological polar surface area (TPSA) is 84.9 Å². The largest absolute Gasteiger partial charge is 0.495 e. The van der Waals surface area contributed by atoms with E-state index in [4.69, 9.17) is 20.2 Å². The number of hydrogen-bond acceptors (Lipinski definition) is 5. The minimum atomic E-state index is -0.983. The third kappa shape index (κ3) is 2.45. The molecule has 5 nitrogen and oxygen atoms in total. The highest BCUT2D eigenvalue weighted by Gasteiger charge is 2.37. The minimum Gasteiger partial charge on any atom is -0.494 e. The molecule has 0 radical (unpaired) electrons. The van der Waals surface area contributed by atoms with Gasteiger partial charge in [0.05, 0.1) is 12.7 Å². The molecule has 1 aromatic rings. The lowest BCUT2D eigenvalue weighted by Gasteiger charge is -2.11. The summed E-state index contributed by atoms with van der Waals surface area (Å²) in [5.41, 5.74) is 7.10. The lowest BCUT2D eigenvalue weighted by molar-refractivity contribution is 0.198. The van der Waals surface area contributed by atoms with Crippen LogP contribution in [0.2, 0.25) is 0 Å². The van der Waals surface area contributed by atoms with Crippen LogP contribution in [0, 0.1) is 0 Å². The van der Waals surface area contributed by atoms with Gasteiger partial charge in [0.15, 0.2) is 0 Å². The van der Waals surface area contributed by atoms with Crippen LogP contribution in [0.25, 0.3) is 0 Å². The van der Waals surface area contributed by atoms with Crippen molar-refractivity contribution in [3.05, 3.63) is 23.8 Å². The molecule has 0 spiro atoms. The molecule has 6 heteroatoms. The molecule has 0 fully saturated rings. The van der Waals surface area contributed by atoms with Crippen LogP contribution in [0.5, 0.6) is 5.75 Å². The summed E-state index contributed by atoms with van der Waals surface area (Å²) < 4.78 is 10.8. The zero-order valence-corrected chi connectivity index (χ0v) is 9.50. The summed E-state index contributed by atoms with van der Waals surface area (Å²) in [6.45, 7) is 0.816. The second-order valence-electron chi connectivity index (χ2n) is 3.90. The fourth-order valence-electron chi connectivity index (χ4n) is 1.96. The molecule has 17 heavy (non-hydrogen) atoms. The zero-order valence-electron chi connectivity index (χ0n) is 9.50. The fraction of sp³-hybridized carbons (Fsp3) is 0.455. The Kier molecular flexibility index (Phi) is 4.01. The summed E-state index contributed by atoms with van der Waals surface area (Å²) in [6.07, 6.45) is 0.280. The lowest BCUT2D eigenvalue weighted by Crippen LogP contribution is -2.30. The number of benzene rings is 1. The van der Waals surface area contributed by atoms with Gasteiger partial charge in [0.2, 0.25) is 0 Å². The van der Waals surface area contributed by atoms with E-state index in [1.165, 1.54) is 0 Å². The average Bonchev–Trinajstić information content (AvgIpc) is 2.68. The van der Waals surface area contributed by atoms with Gasteiger partial charge in [-0.25, -0.2) is 0 Å². The predicted octanol–water partition coefficient (Wildman–Crippen LogP) is -0.835. The van der Waals surface area contributed by atoms with Crippen LogP contribution in [-0.4, -0.2) is 37.0 Å². The molecule has 1 aliphatic rings. The Hall–Kier alpha value is -1.08. The molecule has 0 unspecified atom stereocenters. The Bertz CT molecular complexity index is 388. The number of fused-ring (bicyclic) bond motifs is 1. The van der Waals surface area contributed by atoms with Crippen LogP contribution in [0.3, 0.4) is 0 Å². The van der Waals surface area contributed by atoms with Crippen molar-refractivity contribution in [1.29, 1.82) is 0 Å². The van der Waals surface area contributed by atoms with Crippen LogP contribution in [-0.2, 0) is 4.65 Å². The maximum atomic E-state index is 9.81. The van der Waals surface area contributed by atoms with E-state index in [-0.39, 0.29) is 12.7 Å². The molecule has 1 aliphatic heterocycles. The van der Waals surface area contributed by atoms with E-state index in [1.54, 1.807) is 6.07 Å². The molecule has 0 bridgehead atoms. The van der Waals surface area contributed by atoms with Gasteiger partial charge < -0.3 is 25.3 Å². The molecule has 0 amide bonds. The van der Waals surface area contributed by atoms with Crippen molar-refractivity contribution in [2.45, 2.75) is 12.5 Å². The number of ether oxygens (including phenoxy) is 1. The Morgan fingerprint density at radius 2 is 2.29 bits per heavy atom. The van der Waals surface area contributed by atoms with E-state index in [0.29, 0.717) is 30.8 Å². The second-order valence-corrected chi connectivity index (χ2v) is 3.90. The van der Waals surface area contributed by atoms with Gasteiger partial charge in [0, 0.05) is 25.0 Å². The van der Waals surface area contributed by atoms with Crippen LogP contribution in [0.15, 0.2) is 18.2 Å². The number of nitrogens with two attached hydrogens (primary N) is 1. The normalized spacial score (nSPS) is 18.3. The van der Waals surface area contributed by atoms with Crippen molar-refractivity contribution in [2.75, 3.05) is 19.8 Å². The molecule has 1 aromatic carbocycles. The van der Waals surface area contributed by atoms with Gasteiger partial charge in [0.1, 0.15) is 5.75 Å². The highest BCUT2D eigenvalue weighted by molar-refractivity contribution is 6.62. The van der Waals surface area contributed by atoms with E-state index in [9.17, 15) is 5.02 Å². The molecule has 0 saturated heterocycles. The van der Waals surface area contributed by atoms with Gasteiger partial charge in [-0.3, -0.25) is 0 Å². The zero-order chi connectivity index (χ0) is 12.3. The Morgan fingerprint density at radius 3 is 3.00 bits per heavy atom. The Labute approximate surface area is 100 Å². The molecule has 0 aliphatic carbocycles. The van der Waals surface area contributed by atoms with Crippen molar-refractivity contribution in [3.8, 4) is 5.75 Å². The van der Waals surface area contributed by atoms with E-state index in [1.807, 2.05) is 12.1 Å². The highest BCUT2D eigenvalue weighted by Crippen LogP contribution is 2.26. The fourth-order valence-corrected chi connectivity index (χ4v) is 1.96. The van der Waals surface area contributed by atoms with Crippen molar-refractivity contribution in [2.24, 2.45) is 5.73 Å². The van der Waals surface area contributed by atoms with Crippen molar-refractivity contribution >= 4 is 12.6 Å². The molecular weight excluding hydrogens is 221 g/mol. The third-order valence-electron chi connectivity index (χ3n) is 2.76. The monoisotopic (exact) mass is 237 g/mol. The molecule has 0 aromatic heterocycles. The standard InChI is InChI=1S/C11H16BNO4/c13-7-10-8-3-1-4-9(16-6-2-5-14)11(8)12(15)17-10/h1,3-4,10,14-15H,2,5-7,13H2/t10-/m0/s1. The predicted molar refractivity (Wildman–Crippen MR) is 64.1 cm³/mol.